The fraction of sp³-hybridized carbons (Fsp3) is 0.321. The molecule has 3 aliphatic carbocycles. The molecule has 1 atom stereocenters. The second kappa shape index (κ2) is 25.3. The molecule has 0 aromatic heterocycles. The third kappa shape index (κ3) is 15.4. The van der Waals surface area contributed by atoms with Gasteiger partial charge >= 0.3 is 0 Å². The third-order valence-electron chi connectivity index (χ3n) is 9.15. The number of hydrogen-bond acceptors (Lipinski definition) is 0. The second-order valence-electron chi connectivity index (χ2n) is 13.3. The Kier molecular flexibility index (Phi) is 21.3. The number of fused-ring (bicyclic) bond motifs is 3. The number of hydrogen-bond donors (Lipinski definition) is 0. The van der Waals surface area contributed by atoms with Gasteiger partial charge in [-0.3, -0.25) is 0 Å². The fourth-order valence-corrected chi connectivity index (χ4v) is 6.29. The van der Waals surface area contributed by atoms with Gasteiger partial charge in [0.05, 0.1) is 0 Å². The molecule has 5 aromatic rings. The van der Waals surface area contributed by atoms with Crippen molar-refractivity contribution in [3.05, 3.63) is 189 Å². The molecule has 0 radical (unpaired) electrons. The maximum absolute atomic E-state index is 2.41. The van der Waals surface area contributed by atoms with Gasteiger partial charge in [0.25, 0.3) is 0 Å². The maximum atomic E-state index is 2.41. The van der Waals surface area contributed by atoms with Crippen molar-refractivity contribution in [2.75, 3.05) is 0 Å². The quantitative estimate of drug-likeness (QED) is 0.152. The van der Waals surface area contributed by atoms with Crippen LogP contribution in [-0.2, 0) is 12.8 Å². The molecule has 5 aromatic carbocycles. The molecular weight excluding hydrogens is 637 g/mol. The zero-order valence-electron chi connectivity index (χ0n) is 35.0. The summed E-state index contributed by atoms with van der Waals surface area (Å²) >= 11 is 0. The molecule has 0 bridgehead atoms. The summed E-state index contributed by atoms with van der Waals surface area (Å²) in [4.78, 5) is 0. The van der Waals surface area contributed by atoms with E-state index in [0.717, 1.165) is 0 Å². The van der Waals surface area contributed by atoms with Gasteiger partial charge in [-0.2, -0.15) is 0 Å². The number of benzene rings is 5. The highest BCUT2D eigenvalue weighted by Crippen LogP contribution is 2.35. The lowest BCUT2D eigenvalue weighted by Gasteiger charge is -2.26. The Bertz CT molecular complexity index is 1770. The van der Waals surface area contributed by atoms with Crippen molar-refractivity contribution in [2.24, 2.45) is 5.92 Å². The summed E-state index contributed by atoms with van der Waals surface area (Å²) in [6.45, 7) is 22.7. The van der Waals surface area contributed by atoms with Crippen molar-refractivity contribution >= 4 is 12.2 Å². The van der Waals surface area contributed by atoms with Crippen LogP contribution >= 0.6 is 0 Å². The van der Waals surface area contributed by atoms with Crippen LogP contribution in [0.3, 0.4) is 0 Å². The molecule has 0 amide bonds. The molecule has 0 heteroatoms. The standard InChI is InChI=1S/C15H16.C14H14.C11H12.C7H8.3C2H6/c1-11-6-7-14-9-12-4-2-3-5-13(12)10-15(14)8-11;1-11-3-7-13(8-4-11)14-9-5-12(2)6-10-14;1-9-6-7-10-4-2-3-5-11(10)8-9;1-7-5-3-2-4-6-7;3*1-2/h3,5-9,13H,2,4,10H2,1H3;3-10H,1-2H3;2-5,8H,6-7H2,1H3;2-6H,1H3;3*1-2H3. The van der Waals surface area contributed by atoms with Crippen LogP contribution in [0, 0.1) is 33.6 Å². The molecule has 53 heavy (non-hydrogen) atoms. The molecule has 1 unspecified atom stereocenters. The Morgan fingerprint density at radius 2 is 0.943 bits per heavy atom. The van der Waals surface area contributed by atoms with Crippen LogP contribution in [0.25, 0.3) is 23.3 Å². The largest absolute Gasteiger partial charge is 0.0876 e. The lowest BCUT2D eigenvalue weighted by molar-refractivity contribution is 0.675. The minimum Gasteiger partial charge on any atom is -0.0876 e. The predicted octanol–water partition coefficient (Wildman–Crippen LogP) is 16.0. The molecule has 3 aliphatic rings. The average molecular weight is 705 g/mol. The first kappa shape index (κ1) is 44.5. The van der Waals surface area contributed by atoms with Gasteiger partial charge in [-0.25, -0.2) is 0 Å². The Balaban J connectivity index is 0.000000239. The van der Waals surface area contributed by atoms with E-state index in [1.807, 2.05) is 59.7 Å². The van der Waals surface area contributed by atoms with E-state index in [0.29, 0.717) is 5.92 Å². The number of allylic oxidation sites excluding steroid dienone is 4. The van der Waals surface area contributed by atoms with Gasteiger partial charge in [-0.1, -0.05) is 221 Å². The van der Waals surface area contributed by atoms with E-state index < -0.39 is 0 Å². The van der Waals surface area contributed by atoms with Crippen LogP contribution in [0.2, 0.25) is 0 Å². The summed E-state index contributed by atoms with van der Waals surface area (Å²) in [5.74, 6) is 0.688. The topological polar surface area (TPSA) is 0 Å². The minimum atomic E-state index is 0.688. The summed E-state index contributed by atoms with van der Waals surface area (Å²) in [6, 6.07) is 43.0. The van der Waals surface area contributed by atoms with E-state index >= 15 is 0 Å². The van der Waals surface area contributed by atoms with E-state index in [4.69, 9.17) is 0 Å². The average Bonchev–Trinajstić information content (AvgIpc) is 3.21. The summed E-state index contributed by atoms with van der Waals surface area (Å²) in [5, 5.41) is 0. The van der Waals surface area contributed by atoms with Crippen molar-refractivity contribution in [1.29, 1.82) is 0 Å². The van der Waals surface area contributed by atoms with Gasteiger partial charge in [0, 0.05) is 5.92 Å². The van der Waals surface area contributed by atoms with E-state index in [2.05, 4.69) is 162 Å². The van der Waals surface area contributed by atoms with Crippen molar-refractivity contribution < 1.29 is 0 Å². The normalized spacial score (nSPS) is 13.9. The Morgan fingerprint density at radius 1 is 0.434 bits per heavy atom. The van der Waals surface area contributed by atoms with Gasteiger partial charge in [-0.15, -0.1) is 0 Å². The summed E-state index contributed by atoms with van der Waals surface area (Å²) in [7, 11) is 0. The van der Waals surface area contributed by atoms with Crippen molar-refractivity contribution in [3.8, 4) is 11.1 Å². The highest BCUT2D eigenvalue weighted by Gasteiger charge is 2.20. The number of rotatable bonds is 1. The molecule has 0 N–H and O–H groups in total. The van der Waals surface area contributed by atoms with Gasteiger partial charge < -0.3 is 0 Å². The molecule has 0 saturated carbocycles. The SMILES string of the molecule is CC.CC.CC.CC1=Cc2ccccc2CC1.Cc1ccc(-c2ccc(C)cc2)cc1.Cc1ccc2c(c1)CC1C=CCCC1=C2.Cc1ccccc1. The third-order valence-corrected chi connectivity index (χ3v) is 9.15. The van der Waals surface area contributed by atoms with E-state index in [9.17, 15) is 0 Å². The maximum Gasteiger partial charge on any atom is 0.00208 e. The monoisotopic (exact) mass is 705 g/mol. The van der Waals surface area contributed by atoms with E-state index in [-0.39, 0.29) is 0 Å². The summed E-state index contributed by atoms with van der Waals surface area (Å²) in [6.07, 6.45) is 15.6. The second-order valence-corrected chi connectivity index (χ2v) is 13.3. The zero-order chi connectivity index (χ0) is 39.0. The van der Waals surface area contributed by atoms with Crippen LogP contribution in [-0.4, -0.2) is 0 Å². The Hall–Kier alpha value is -4.68. The van der Waals surface area contributed by atoms with E-state index in [1.54, 1.807) is 5.57 Å². The van der Waals surface area contributed by atoms with Crippen molar-refractivity contribution in [3.63, 3.8) is 0 Å². The molecule has 8 rings (SSSR count). The predicted molar refractivity (Wildman–Crippen MR) is 240 cm³/mol. The minimum absolute atomic E-state index is 0.688. The molecule has 0 fully saturated rings. The summed E-state index contributed by atoms with van der Waals surface area (Å²) < 4.78 is 0. The molecular formula is C53H68. The fourth-order valence-electron chi connectivity index (χ4n) is 6.29. The molecule has 0 heterocycles. The summed E-state index contributed by atoms with van der Waals surface area (Å²) in [5.41, 5.74) is 16.9. The highest BCUT2D eigenvalue weighted by molar-refractivity contribution is 5.64. The lowest BCUT2D eigenvalue weighted by atomic mass is 9.79. The van der Waals surface area contributed by atoms with Gasteiger partial charge in [0.2, 0.25) is 0 Å². The van der Waals surface area contributed by atoms with E-state index in [1.165, 1.54) is 93.3 Å². The molecule has 0 saturated heterocycles. The van der Waals surface area contributed by atoms with Gasteiger partial charge in [0.1, 0.15) is 0 Å². The van der Waals surface area contributed by atoms with Crippen molar-refractivity contribution in [2.45, 2.75) is 108 Å². The van der Waals surface area contributed by atoms with Crippen LogP contribution in [0.4, 0.5) is 0 Å². The zero-order valence-corrected chi connectivity index (χ0v) is 35.0. The van der Waals surface area contributed by atoms with Gasteiger partial charge in [-0.05, 0) is 100 Å². The molecule has 0 nitrogen and oxygen atoms in total. The Labute approximate surface area is 325 Å². The Morgan fingerprint density at radius 3 is 1.51 bits per heavy atom. The van der Waals surface area contributed by atoms with Crippen LogP contribution in [0.1, 0.15) is 112 Å². The van der Waals surface area contributed by atoms with Crippen LogP contribution in [0.5, 0.6) is 0 Å². The first-order chi connectivity index (χ1) is 25.8. The lowest BCUT2D eigenvalue weighted by Crippen LogP contribution is -2.13. The molecule has 0 aliphatic heterocycles. The van der Waals surface area contributed by atoms with Crippen LogP contribution in [0.15, 0.2) is 145 Å². The van der Waals surface area contributed by atoms with Gasteiger partial charge in [0.15, 0.2) is 0 Å². The first-order valence-electron chi connectivity index (χ1n) is 20.2. The molecule has 280 valence electrons. The highest BCUT2D eigenvalue weighted by atomic mass is 14.2. The first-order valence-corrected chi connectivity index (χ1v) is 20.2. The molecule has 0 spiro atoms. The smallest absolute Gasteiger partial charge is 0.00208 e. The van der Waals surface area contributed by atoms with Crippen LogP contribution < -0.4 is 0 Å². The number of aryl methyl sites for hydroxylation is 5. The van der Waals surface area contributed by atoms with Crippen molar-refractivity contribution in [1.82, 2.24) is 0 Å².